The first-order chi connectivity index (χ1) is 16.7. The van der Waals surface area contributed by atoms with Crippen LogP contribution >= 0.6 is 0 Å². The summed E-state index contributed by atoms with van der Waals surface area (Å²) in [6, 6.07) is 14.1. The minimum absolute atomic E-state index is 0.0330. The van der Waals surface area contributed by atoms with Gasteiger partial charge < -0.3 is 14.7 Å². The van der Waals surface area contributed by atoms with Crippen molar-refractivity contribution in [3.8, 4) is 5.75 Å². The van der Waals surface area contributed by atoms with Gasteiger partial charge in [-0.05, 0) is 28.7 Å². The summed E-state index contributed by atoms with van der Waals surface area (Å²) in [6.07, 6.45) is 6.25. The summed E-state index contributed by atoms with van der Waals surface area (Å²) in [6.45, 7) is 7.47. The van der Waals surface area contributed by atoms with Crippen LogP contribution in [0.5, 0.6) is 5.75 Å². The van der Waals surface area contributed by atoms with Crippen LogP contribution in [0.3, 0.4) is 0 Å². The molecule has 0 bridgehead atoms. The Kier molecular flexibility index (Phi) is 6.78. The zero-order valence-corrected chi connectivity index (χ0v) is 20.6. The molecule has 35 heavy (non-hydrogen) atoms. The molecule has 0 aliphatic carbocycles. The smallest absolute Gasteiger partial charge is 0.295 e. The van der Waals surface area contributed by atoms with Crippen LogP contribution in [0, 0.1) is 0 Å². The van der Waals surface area contributed by atoms with Gasteiger partial charge in [-0.25, -0.2) is 4.57 Å². The zero-order valence-electron chi connectivity index (χ0n) is 20.6. The molecule has 1 aliphatic rings. The number of aryl methyl sites for hydroxylation is 1. The van der Waals surface area contributed by atoms with Crippen LogP contribution in [-0.4, -0.2) is 40.3 Å². The molecule has 2 N–H and O–H groups in total. The van der Waals surface area contributed by atoms with E-state index in [1.165, 1.54) is 7.11 Å². The van der Waals surface area contributed by atoms with Crippen molar-refractivity contribution >= 4 is 17.4 Å². The van der Waals surface area contributed by atoms with Gasteiger partial charge in [0, 0.05) is 18.5 Å². The van der Waals surface area contributed by atoms with E-state index in [-0.39, 0.29) is 16.7 Å². The highest BCUT2D eigenvalue weighted by Crippen LogP contribution is 2.40. The van der Waals surface area contributed by atoms with Crippen molar-refractivity contribution < 1.29 is 24.0 Å². The number of imidazole rings is 1. The molecule has 1 atom stereocenters. The molecule has 2 heterocycles. The van der Waals surface area contributed by atoms with Gasteiger partial charge in [-0.15, -0.1) is 0 Å². The Morgan fingerprint density at radius 1 is 1.14 bits per heavy atom. The van der Waals surface area contributed by atoms with Crippen molar-refractivity contribution in [1.29, 1.82) is 0 Å². The van der Waals surface area contributed by atoms with Gasteiger partial charge >= 0.3 is 0 Å². The van der Waals surface area contributed by atoms with E-state index in [2.05, 4.69) is 25.8 Å². The van der Waals surface area contributed by atoms with Crippen molar-refractivity contribution in [1.82, 2.24) is 9.88 Å². The summed E-state index contributed by atoms with van der Waals surface area (Å²) in [4.78, 5) is 31.0. The standard InChI is InChI=1S/C28H31N3O4/c1-28(2,3)21-11-9-19(10-12-21)24-23(25(32)20-7-5-8-22(17-20)35-4)26(33)27(34)31(24)15-6-14-30-16-13-29-18-30/h5,7-13,16-18,24H,6,14-15H2,1-4H3,(H,32,33)/p+1. The second kappa shape index (κ2) is 9.78. The number of H-pyrrole nitrogens is 1. The molecular weight excluding hydrogens is 442 g/mol. The number of aliphatic hydroxyl groups is 1. The Morgan fingerprint density at radius 2 is 1.89 bits per heavy atom. The van der Waals surface area contributed by atoms with Crippen LogP contribution in [0.25, 0.3) is 5.76 Å². The molecule has 4 rings (SSSR count). The highest BCUT2D eigenvalue weighted by Gasteiger charge is 2.45. The summed E-state index contributed by atoms with van der Waals surface area (Å²) in [5.41, 5.74) is 2.43. The number of hydrogen-bond acceptors (Lipinski definition) is 4. The second-order valence-electron chi connectivity index (χ2n) is 9.80. The zero-order chi connectivity index (χ0) is 25.2. The second-order valence-corrected chi connectivity index (χ2v) is 9.80. The highest BCUT2D eigenvalue weighted by molar-refractivity contribution is 6.46. The van der Waals surface area contributed by atoms with Crippen molar-refractivity contribution in [3.63, 3.8) is 0 Å². The number of aromatic amines is 1. The Hall–Kier alpha value is -3.87. The first kappa shape index (κ1) is 24.3. The van der Waals surface area contributed by atoms with Gasteiger partial charge in [0.05, 0.1) is 25.3 Å². The van der Waals surface area contributed by atoms with Crippen LogP contribution in [0.4, 0.5) is 0 Å². The Labute approximate surface area is 205 Å². The molecule has 1 aliphatic heterocycles. The monoisotopic (exact) mass is 474 g/mol. The lowest BCUT2D eigenvalue weighted by Gasteiger charge is -2.26. The average Bonchev–Trinajstić information content (AvgIpc) is 3.45. The Bertz CT molecular complexity index is 1240. The van der Waals surface area contributed by atoms with Crippen molar-refractivity contribution in [2.45, 2.75) is 45.2 Å². The number of aliphatic hydroxyl groups excluding tert-OH is 1. The third-order valence-electron chi connectivity index (χ3n) is 6.39. The van der Waals surface area contributed by atoms with E-state index in [0.29, 0.717) is 30.8 Å². The van der Waals surface area contributed by atoms with E-state index in [1.807, 2.05) is 47.6 Å². The number of nitrogens with one attached hydrogen (secondary N) is 1. The van der Waals surface area contributed by atoms with Crippen LogP contribution in [-0.2, 0) is 21.5 Å². The van der Waals surface area contributed by atoms with Gasteiger partial charge in [0.2, 0.25) is 6.33 Å². The van der Waals surface area contributed by atoms with E-state index in [1.54, 1.807) is 29.2 Å². The summed E-state index contributed by atoms with van der Waals surface area (Å²) >= 11 is 0. The molecular formula is C28H32N3O4+. The lowest BCUT2D eigenvalue weighted by molar-refractivity contribution is -0.695. The molecule has 0 radical (unpaired) electrons. The molecule has 1 aromatic heterocycles. The minimum atomic E-state index is -0.676. The number of ether oxygens (including phenoxy) is 1. The van der Waals surface area contributed by atoms with Crippen molar-refractivity contribution in [3.05, 3.63) is 89.5 Å². The van der Waals surface area contributed by atoms with Gasteiger partial charge in [-0.1, -0.05) is 57.2 Å². The largest absolute Gasteiger partial charge is 0.507 e. The predicted octanol–water partition coefficient (Wildman–Crippen LogP) is 4.12. The molecule has 1 amide bonds. The number of ketones is 1. The number of aromatic nitrogens is 2. The van der Waals surface area contributed by atoms with E-state index in [4.69, 9.17) is 4.74 Å². The van der Waals surface area contributed by atoms with Crippen LogP contribution in [0.2, 0.25) is 0 Å². The Morgan fingerprint density at radius 3 is 2.51 bits per heavy atom. The SMILES string of the molecule is COc1cccc(/C(O)=C2\C(=O)C(=O)N(CCC[n+]3cc[nH]c3)C2c2ccc(C(C)(C)C)cc2)c1. The maximum Gasteiger partial charge on any atom is 0.295 e. The number of Topliss-reactive ketones (excluding diaryl/α,β-unsaturated/α-hetero) is 1. The van der Waals surface area contributed by atoms with Crippen LogP contribution in [0.1, 0.15) is 49.9 Å². The lowest BCUT2D eigenvalue weighted by Crippen LogP contribution is -2.36. The molecule has 3 aromatic rings. The third kappa shape index (κ3) is 4.99. The molecule has 0 spiro atoms. The number of rotatable bonds is 7. The maximum absolute atomic E-state index is 13.2. The fourth-order valence-electron chi connectivity index (χ4n) is 4.43. The number of likely N-dealkylation sites (tertiary alicyclic amines) is 1. The van der Waals surface area contributed by atoms with Crippen molar-refractivity contribution in [2.24, 2.45) is 0 Å². The van der Waals surface area contributed by atoms with E-state index in [0.717, 1.165) is 11.1 Å². The molecule has 7 nitrogen and oxygen atoms in total. The molecule has 2 aromatic carbocycles. The fourth-order valence-corrected chi connectivity index (χ4v) is 4.43. The average molecular weight is 475 g/mol. The predicted molar refractivity (Wildman–Crippen MR) is 133 cm³/mol. The Balaban J connectivity index is 1.75. The first-order valence-corrected chi connectivity index (χ1v) is 11.8. The highest BCUT2D eigenvalue weighted by atomic mass is 16.5. The summed E-state index contributed by atoms with van der Waals surface area (Å²) in [5.74, 6) is -0.921. The topological polar surface area (TPSA) is 86.5 Å². The summed E-state index contributed by atoms with van der Waals surface area (Å²) in [5, 5.41) is 11.3. The van der Waals surface area contributed by atoms with Gasteiger partial charge in [0.1, 0.15) is 23.9 Å². The molecule has 182 valence electrons. The normalized spacial score (nSPS) is 17.7. The quantitative estimate of drug-likeness (QED) is 0.233. The lowest BCUT2D eigenvalue weighted by atomic mass is 9.85. The first-order valence-electron chi connectivity index (χ1n) is 11.8. The molecule has 1 unspecified atom stereocenters. The molecule has 1 saturated heterocycles. The number of benzene rings is 2. The van der Waals surface area contributed by atoms with Gasteiger partial charge in [-0.2, -0.15) is 0 Å². The van der Waals surface area contributed by atoms with Gasteiger partial charge in [0.25, 0.3) is 11.7 Å². The van der Waals surface area contributed by atoms with E-state index >= 15 is 0 Å². The molecule has 7 heteroatoms. The third-order valence-corrected chi connectivity index (χ3v) is 6.39. The maximum atomic E-state index is 13.2. The fraction of sp³-hybridized carbons (Fsp3) is 0.321. The van der Waals surface area contributed by atoms with Gasteiger partial charge in [-0.3, -0.25) is 14.6 Å². The van der Waals surface area contributed by atoms with Crippen LogP contribution in [0.15, 0.2) is 72.8 Å². The number of nitrogens with zero attached hydrogens (tertiary/aromatic N) is 2. The number of amides is 1. The molecule has 0 saturated carbocycles. The summed E-state index contributed by atoms with van der Waals surface area (Å²) < 4.78 is 7.27. The number of methoxy groups -OCH3 is 1. The number of carbonyl (C=O) groups is 2. The van der Waals surface area contributed by atoms with Crippen molar-refractivity contribution in [2.75, 3.05) is 13.7 Å². The number of hydrogen-bond donors (Lipinski definition) is 2. The van der Waals surface area contributed by atoms with Gasteiger partial charge in [0.15, 0.2) is 0 Å². The van der Waals surface area contributed by atoms with Crippen LogP contribution < -0.4 is 9.30 Å². The minimum Gasteiger partial charge on any atom is -0.507 e. The van der Waals surface area contributed by atoms with E-state index < -0.39 is 17.7 Å². The van der Waals surface area contributed by atoms with E-state index in [9.17, 15) is 14.7 Å². The molecule has 1 fully saturated rings. The summed E-state index contributed by atoms with van der Waals surface area (Å²) in [7, 11) is 1.54. The number of carbonyl (C=O) groups excluding carboxylic acids is 2.